The summed E-state index contributed by atoms with van der Waals surface area (Å²) in [6.45, 7) is 3.95. The average Bonchev–Trinajstić information content (AvgIpc) is 2.89. The number of aliphatic hydroxyl groups excluding tert-OH is 1. The number of nitrogens with zero attached hydrogens (tertiary/aromatic N) is 1. The van der Waals surface area contributed by atoms with E-state index < -0.39 is 5.72 Å². The molecule has 4 heteroatoms. The van der Waals surface area contributed by atoms with Gasteiger partial charge in [0, 0.05) is 5.56 Å². The molecule has 0 saturated carbocycles. The van der Waals surface area contributed by atoms with Crippen LogP contribution in [0.15, 0.2) is 54.6 Å². The van der Waals surface area contributed by atoms with Gasteiger partial charge in [-0.3, -0.25) is 4.79 Å². The van der Waals surface area contributed by atoms with Crippen molar-refractivity contribution in [3.8, 4) is 11.1 Å². The largest absolute Gasteiger partial charge is 0.394 e. The highest BCUT2D eigenvalue weighted by Crippen LogP contribution is 2.32. The summed E-state index contributed by atoms with van der Waals surface area (Å²) in [6.07, 6.45) is 0. The fourth-order valence-electron chi connectivity index (χ4n) is 3.10. The third kappa shape index (κ3) is 2.87. The first kappa shape index (κ1) is 15.7. The summed E-state index contributed by atoms with van der Waals surface area (Å²) in [5.41, 5.74) is 1.78. The topological polar surface area (TPSA) is 49.8 Å². The van der Waals surface area contributed by atoms with Crippen molar-refractivity contribution in [2.75, 3.05) is 13.2 Å². The smallest absolute Gasteiger partial charge is 0.257 e. The van der Waals surface area contributed by atoms with Crippen molar-refractivity contribution in [3.05, 3.63) is 60.2 Å². The van der Waals surface area contributed by atoms with Crippen molar-refractivity contribution in [2.24, 2.45) is 0 Å². The maximum atomic E-state index is 13.2. The normalized spacial score (nSPS) is 19.8. The summed E-state index contributed by atoms with van der Waals surface area (Å²) in [4.78, 5) is 14.8. The van der Waals surface area contributed by atoms with E-state index in [1.165, 1.54) is 0 Å². The minimum absolute atomic E-state index is 0.108. The molecule has 1 atom stereocenters. The molecule has 1 amide bonds. The molecule has 1 aliphatic rings. The molecule has 1 saturated heterocycles. The van der Waals surface area contributed by atoms with Crippen molar-refractivity contribution >= 4 is 5.91 Å². The number of hydrogen-bond acceptors (Lipinski definition) is 3. The van der Waals surface area contributed by atoms with Crippen molar-refractivity contribution < 1.29 is 14.6 Å². The van der Waals surface area contributed by atoms with E-state index in [1.807, 2.05) is 68.4 Å². The lowest BCUT2D eigenvalue weighted by molar-refractivity contribution is -0.0414. The Morgan fingerprint density at radius 2 is 1.83 bits per heavy atom. The summed E-state index contributed by atoms with van der Waals surface area (Å²) in [5.74, 6) is -0.119. The SMILES string of the molecule is CC1(C)OC[C@@H](CO)N1C(=O)c1ccccc1-c1ccccc1. The predicted octanol–water partition coefficient (Wildman–Crippen LogP) is 2.92. The van der Waals surface area contributed by atoms with Crippen LogP contribution in [-0.2, 0) is 4.74 Å². The second kappa shape index (κ2) is 6.14. The zero-order chi connectivity index (χ0) is 16.4. The summed E-state index contributed by atoms with van der Waals surface area (Å²) in [6, 6.07) is 17.1. The minimum atomic E-state index is -0.728. The second-order valence-corrected chi connectivity index (χ2v) is 6.18. The van der Waals surface area contributed by atoms with Crippen LogP contribution < -0.4 is 0 Å². The van der Waals surface area contributed by atoms with E-state index in [0.29, 0.717) is 12.2 Å². The van der Waals surface area contributed by atoms with Gasteiger partial charge < -0.3 is 14.7 Å². The van der Waals surface area contributed by atoms with E-state index in [2.05, 4.69) is 0 Å². The summed E-state index contributed by atoms with van der Waals surface area (Å²) < 4.78 is 5.69. The van der Waals surface area contributed by atoms with E-state index in [4.69, 9.17) is 4.74 Å². The molecular formula is C19H21NO3. The number of carbonyl (C=O) groups excluding carboxylic acids is 1. The van der Waals surface area contributed by atoms with E-state index in [-0.39, 0.29) is 18.6 Å². The quantitative estimate of drug-likeness (QED) is 0.948. The Morgan fingerprint density at radius 1 is 1.17 bits per heavy atom. The Bertz CT molecular complexity index is 697. The molecule has 4 nitrogen and oxygen atoms in total. The molecule has 0 spiro atoms. The molecule has 0 bridgehead atoms. The number of ether oxygens (including phenoxy) is 1. The molecule has 0 unspecified atom stereocenters. The molecule has 1 aliphatic heterocycles. The highest BCUT2D eigenvalue weighted by molar-refractivity contribution is 6.01. The molecule has 3 rings (SSSR count). The molecule has 0 radical (unpaired) electrons. The third-order valence-electron chi connectivity index (χ3n) is 4.25. The lowest BCUT2D eigenvalue weighted by Crippen LogP contribution is -2.49. The van der Waals surface area contributed by atoms with Gasteiger partial charge in [0.25, 0.3) is 5.91 Å². The highest BCUT2D eigenvalue weighted by atomic mass is 16.5. The average molecular weight is 311 g/mol. The molecule has 23 heavy (non-hydrogen) atoms. The summed E-state index contributed by atoms with van der Waals surface area (Å²) >= 11 is 0. The molecule has 2 aromatic carbocycles. The Labute approximate surface area is 136 Å². The van der Waals surface area contributed by atoms with Crippen molar-refractivity contribution in [1.82, 2.24) is 4.90 Å². The molecule has 1 fully saturated rings. The number of amides is 1. The fourth-order valence-corrected chi connectivity index (χ4v) is 3.10. The maximum absolute atomic E-state index is 13.2. The Hall–Kier alpha value is -2.17. The summed E-state index contributed by atoms with van der Waals surface area (Å²) in [5, 5.41) is 9.58. The van der Waals surface area contributed by atoms with Crippen LogP contribution in [0.2, 0.25) is 0 Å². The van der Waals surface area contributed by atoms with E-state index >= 15 is 0 Å². The zero-order valence-electron chi connectivity index (χ0n) is 13.4. The van der Waals surface area contributed by atoms with Gasteiger partial charge >= 0.3 is 0 Å². The van der Waals surface area contributed by atoms with Crippen molar-refractivity contribution in [1.29, 1.82) is 0 Å². The number of hydrogen-bond donors (Lipinski definition) is 1. The van der Waals surface area contributed by atoms with E-state index in [1.54, 1.807) is 4.90 Å². The van der Waals surface area contributed by atoms with Crippen molar-refractivity contribution in [2.45, 2.75) is 25.6 Å². The lowest BCUT2D eigenvalue weighted by atomic mass is 9.98. The van der Waals surface area contributed by atoms with Crippen LogP contribution in [0.5, 0.6) is 0 Å². The van der Waals surface area contributed by atoms with Crippen LogP contribution in [0.3, 0.4) is 0 Å². The Balaban J connectivity index is 2.04. The zero-order valence-corrected chi connectivity index (χ0v) is 13.4. The third-order valence-corrected chi connectivity index (χ3v) is 4.25. The highest BCUT2D eigenvalue weighted by Gasteiger charge is 2.44. The van der Waals surface area contributed by atoms with Gasteiger partial charge in [0.15, 0.2) is 0 Å². The molecule has 1 N–H and O–H groups in total. The van der Waals surface area contributed by atoms with E-state index in [0.717, 1.165) is 11.1 Å². The maximum Gasteiger partial charge on any atom is 0.257 e. The minimum Gasteiger partial charge on any atom is -0.394 e. The van der Waals surface area contributed by atoms with Gasteiger partial charge in [-0.15, -0.1) is 0 Å². The van der Waals surface area contributed by atoms with Gasteiger partial charge in [0.05, 0.1) is 19.3 Å². The van der Waals surface area contributed by atoms with Crippen molar-refractivity contribution in [3.63, 3.8) is 0 Å². The lowest BCUT2D eigenvalue weighted by Gasteiger charge is -2.33. The van der Waals surface area contributed by atoms with Gasteiger partial charge in [-0.05, 0) is 31.0 Å². The molecule has 1 heterocycles. The van der Waals surface area contributed by atoms with Crippen LogP contribution in [0.4, 0.5) is 0 Å². The van der Waals surface area contributed by atoms with Crippen LogP contribution >= 0.6 is 0 Å². The van der Waals surface area contributed by atoms with Crippen LogP contribution in [0.25, 0.3) is 11.1 Å². The molecule has 120 valence electrons. The predicted molar refractivity (Wildman–Crippen MR) is 89.0 cm³/mol. The molecular weight excluding hydrogens is 290 g/mol. The Kier molecular flexibility index (Phi) is 4.20. The van der Waals surface area contributed by atoms with Crippen LogP contribution in [-0.4, -0.2) is 40.9 Å². The number of aliphatic hydroxyl groups is 1. The monoisotopic (exact) mass is 311 g/mol. The number of rotatable bonds is 3. The fraction of sp³-hybridized carbons (Fsp3) is 0.316. The van der Waals surface area contributed by atoms with Gasteiger partial charge in [0.2, 0.25) is 0 Å². The summed E-state index contributed by atoms with van der Waals surface area (Å²) in [7, 11) is 0. The molecule has 0 aliphatic carbocycles. The standard InChI is InChI=1S/C19H21NO3/c1-19(2)20(15(12-21)13-23-19)18(22)17-11-7-6-10-16(17)14-8-4-3-5-9-14/h3-11,15,21H,12-13H2,1-2H3/t15-/m1/s1. The molecule has 0 aromatic heterocycles. The Morgan fingerprint density at radius 3 is 2.52 bits per heavy atom. The number of carbonyl (C=O) groups is 1. The first-order valence-corrected chi connectivity index (χ1v) is 7.77. The van der Waals surface area contributed by atoms with Gasteiger partial charge in [-0.25, -0.2) is 0 Å². The van der Waals surface area contributed by atoms with Gasteiger partial charge in [0.1, 0.15) is 5.72 Å². The van der Waals surface area contributed by atoms with Gasteiger partial charge in [-0.2, -0.15) is 0 Å². The number of benzene rings is 2. The van der Waals surface area contributed by atoms with Crippen LogP contribution in [0.1, 0.15) is 24.2 Å². The first-order chi connectivity index (χ1) is 11.0. The van der Waals surface area contributed by atoms with Crippen LogP contribution in [0, 0.1) is 0 Å². The van der Waals surface area contributed by atoms with E-state index in [9.17, 15) is 9.90 Å². The van der Waals surface area contributed by atoms with Gasteiger partial charge in [-0.1, -0.05) is 48.5 Å². The first-order valence-electron chi connectivity index (χ1n) is 7.77. The molecule has 2 aromatic rings. The second-order valence-electron chi connectivity index (χ2n) is 6.18.